The van der Waals surface area contributed by atoms with Gasteiger partial charge in [0.2, 0.25) is 10.0 Å². The number of sulfonamides is 1. The van der Waals surface area contributed by atoms with E-state index in [0.29, 0.717) is 15.2 Å². The largest absolute Gasteiger partial charge is 0.350 e. The smallest absolute Gasteiger partial charge is 0.257 e. The maximum absolute atomic E-state index is 12.2. The van der Waals surface area contributed by atoms with Crippen LogP contribution < -0.4 is 15.4 Å². The van der Waals surface area contributed by atoms with Crippen LogP contribution in [0, 0.1) is 0 Å². The van der Waals surface area contributed by atoms with Crippen LogP contribution >= 0.6 is 39.5 Å². The molecule has 0 radical (unpaired) electrons. The molecule has 0 bridgehead atoms. The summed E-state index contributed by atoms with van der Waals surface area (Å²) in [6.45, 7) is 1.66. The lowest BCUT2D eigenvalue weighted by atomic mass is 10.1. The van der Waals surface area contributed by atoms with Crippen LogP contribution in [0.3, 0.4) is 0 Å². The highest BCUT2D eigenvalue weighted by molar-refractivity contribution is 9.10. The van der Waals surface area contributed by atoms with E-state index in [1.54, 1.807) is 42.6 Å². The molecule has 1 atom stereocenters. The third kappa shape index (κ3) is 5.55. The SMILES string of the molecule is CNS(=O)(=O)C[C@](C)(NC(=S)NC(=O)c1ccccc1)c1nc(Br)cs1. The molecule has 1 aromatic carbocycles. The first-order chi connectivity index (χ1) is 12.1. The molecule has 0 unspecified atom stereocenters. The zero-order valence-electron chi connectivity index (χ0n) is 13.9. The summed E-state index contributed by atoms with van der Waals surface area (Å²) < 4.78 is 27.1. The Kier molecular flexibility index (Phi) is 6.86. The molecule has 11 heteroatoms. The van der Waals surface area contributed by atoms with Crippen LogP contribution in [0.4, 0.5) is 0 Å². The molecular formula is C15H17BrN4O3S3. The van der Waals surface area contributed by atoms with E-state index in [9.17, 15) is 13.2 Å². The molecule has 0 aliphatic heterocycles. The normalized spacial score (nSPS) is 13.7. The monoisotopic (exact) mass is 476 g/mol. The van der Waals surface area contributed by atoms with Gasteiger partial charge in [-0.2, -0.15) is 0 Å². The predicted octanol–water partition coefficient (Wildman–Crippen LogP) is 1.97. The van der Waals surface area contributed by atoms with Gasteiger partial charge in [-0.15, -0.1) is 11.3 Å². The minimum atomic E-state index is -3.58. The second-order valence-corrected chi connectivity index (χ2v) is 9.55. The van der Waals surface area contributed by atoms with Crippen LogP contribution in [0.1, 0.15) is 22.3 Å². The number of carbonyl (C=O) groups is 1. The van der Waals surface area contributed by atoms with E-state index in [1.165, 1.54) is 18.4 Å². The average Bonchev–Trinajstić information content (AvgIpc) is 3.02. The lowest BCUT2D eigenvalue weighted by Gasteiger charge is -2.29. The zero-order chi connectivity index (χ0) is 19.4. The van der Waals surface area contributed by atoms with Crippen molar-refractivity contribution in [2.45, 2.75) is 12.5 Å². The van der Waals surface area contributed by atoms with E-state index in [1.807, 2.05) is 0 Å². The number of thiazole rings is 1. The summed E-state index contributed by atoms with van der Waals surface area (Å²) in [6, 6.07) is 8.58. The molecule has 140 valence electrons. The number of rotatable bonds is 6. The van der Waals surface area contributed by atoms with Crippen LogP contribution in [0.25, 0.3) is 0 Å². The molecular weight excluding hydrogens is 460 g/mol. The number of hydrogen-bond donors (Lipinski definition) is 3. The first-order valence-corrected chi connectivity index (χ1v) is 11.1. The second kappa shape index (κ2) is 8.53. The predicted molar refractivity (Wildman–Crippen MR) is 110 cm³/mol. The van der Waals surface area contributed by atoms with Gasteiger partial charge in [0.25, 0.3) is 5.91 Å². The third-order valence-corrected chi connectivity index (χ3v) is 6.99. The van der Waals surface area contributed by atoms with E-state index in [2.05, 4.69) is 36.3 Å². The molecule has 1 amide bonds. The van der Waals surface area contributed by atoms with Gasteiger partial charge < -0.3 is 5.32 Å². The average molecular weight is 477 g/mol. The van der Waals surface area contributed by atoms with Crippen LogP contribution in [0.2, 0.25) is 0 Å². The van der Waals surface area contributed by atoms with Crippen molar-refractivity contribution in [3.05, 3.63) is 50.9 Å². The van der Waals surface area contributed by atoms with Gasteiger partial charge in [0, 0.05) is 10.9 Å². The molecule has 1 aromatic heterocycles. The molecule has 26 heavy (non-hydrogen) atoms. The van der Waals surface area contributed by atoms with E-state index >= 15 is 0 Å². The van der Waals surface area contributed by atoms with Crippen LogP contribution in [0.5, 0.6) is 0 Å². The van der Waals surface area contributed by atoms with Crippen molar-refractivity contribution < 1.29 is 13.2 Å². The van der Waals surface area contributed by atoms with Crippen molar-refractivity contribution in [3.8, 4) is 0 Å². The van der Waals surface area contributed by atoms with Gasteiger partial charge in [-0.3, -0.25) is 10.1 Å². The van der Waals surface area contributed by atoms with E-state index in [4.69, 9.17) is 12.2 Å². The Bertz CT molecular complexity index is 902. The maximum Gasteiger partial charge on any atom is 0.257 e. The Labute approximate surface area is 169 Å². The molecule has 2 aromatic rings. The van der Waals surface area contributed by atoms with E-state index < -0.39 is 15.6 Å². The molecule has 0 fully saturated rings. The van der Waals surface area contributed by atoms with Crippen molar-refractivity contribution >= 4 is 60.5 Å². The summed E-state index contributed by atoms with van der Waals surface area (Å²) in [5.74, 6) is -0.695. The number of amides is 1. The van der Waals surface area contributed by atoms with Crippen molar-refractivity contribution in [2.24, 2.45) is 0 Å². The standard InChI is InChI=1S/C15H17BrN4O3S3/c1-15(9-26(22,23)17-2,13-18-11(16)8-25-13)20-14(24)19-12(21)10-6-4-3-5-7-10/h3-8,17H,9H2,1-2H3,(H2,19,20,21,24)/t15-/m0/s1. The van der Waals surface area contributed by atoms with Crippen molar-refractivity contribution in [1.82, 2.24) is 20.3 Å². The highest BCUT2D eigenvalue weighted by atomic mass is 79.9. The Balaban J connectivity index is 2.21. The molecule has 0 saturated carbocycles. The lowest BCUT2D eigenvalue weighted by Crippen LogP contribution is -2.53. The van der Waals surface area contributed by atoms with Gasteiger partial charge in [0.1, 0.15) is 15.1 Å². The molecule has 0 saturated heterocycles. The quantitative estimate of drug-likeness (QED) is 0.551. The van der Waals surface area contributed by atoms with Gasteiger partial charge in [-0.1, -0.05) is 18.2 Å². The highest BCUT2D eigenvalue weighted by Gasteiger charge is 2.36. The molecule has 0 spiro atoms. The Hall–Kier alpha value is -1.40. The number of carbonyl (C=O) groups excluding carboxylic acids is 1. The lowest BCUT2D eigenvalue weighted by molar-refractivity contribution is 0.0976. The Morgan fingerprint density at radius 3 is 2.54 bits per heavy atom. The number of benzene rings is 1. The summed E-state index contributed by atoms with van der Waals surface area (Å²) in [5, 5.41) is 7.75. The van der Waals surface area contributed by atoms with Gasteiger partial charge in [0.05, 0.1) is 5.75 Å². The van der Waals surface area contributed by atoms with Crippen LogP contribution in [-0.4, -0.2) is 37.2 Å². The summed E-state index contributed by atoms with van der Waals surface area (Å²) in [7, 11) is -2.24. The number of hydrogen-bond acceptors (Lipinski definition) is 6. The Morgan fingerprint density at radius 2 is 2.00 bits per heavy atom. The molecule has 0 aliphatic carbocycles. The fraction of sp³-hybridized carbons (Fsp3) is 0.267. The highest BCUT2D eigenvalue weighted by Crippen LogP contribution is 2.28. The minimum absolute atomic E-state index is 0.0129. The number of thiocarbonyl (C=S) groups is 1. The third-order valence-electron chi connectivity index (χ3n) is 3.39. The molecule has 1 heterocycles. The number of nitrogens with one attached hydrogen (secondary N) is 3. The van der Waals surface area contributed by atoms with Gasteiger partial charge in [-0.05, 0) is 54.3 Å². The number of aromatic nitrogens is 1. The first-order valence-electron chi connectivity index (χ1n) is 7.36. The Morgan fingerprint density at radius 1 is 1.35 bits per heavy atom. The number of nitrogens with zero attached hydrogens (tertiary/aromatic N) is 1. The van der Waals surface area contributed by atoms with Gasteiger partial charge in [0.15, 0.2) is 5.11 Å². The van der Waals surface area contributed by atoms with Gasteiger partial charge in [-0.25, -0.2) is 18.1 Å². The molecule has 7 nitrogen and oxygen atoms in total. The van der Waals surface area contributed by atoms with E-state index in [-0.39, 0.29) is 16.8 Å². The maximum atomic E-state index is 12.2. The first kappa shape index (κ1) is 20.9. The van der Waals surface area contributed by atoms with Gasteiger partial charge >= 0.3 is 0 Å². The van der Waals surface area contributed by atoms with Crippen molar-refractivity contribution in [3.63, 3.8) is 0 Å². The molecule has 3 N–H and O–H groups in total. The minimum Gasteiger partial charge on any atom is -0.350 e. The van der Waals surface area contributed by atoms with Crippen molar-refractivity contribution in [1.29, 1.82) is 0 Å². The van der Waals surface area contributed by atoms with Crippen molar-refractivity contribution in [2.75, 3.05) is 12.8 Å². The fourth-order valence-corrected chi connectivity index (χ4v) is 5.05. The summed E-state index contributed by atoms with van der Waals surface area (Å²) >= 11 is 9.76. The number of halogens is 1. The molecule has 0 aliphatic rings. The summed E-state index contributed by atoms with van der Waals surface area (Å²) in [4.78, 5) is 16.5. The van der Waals surface area contributed by atoms with Crippen LogP contribution in [0.15, 0.2) is 40.3 Å². The second-order valence-electron chi connectivity index (χ2n) is 5.54. The van der Waals surface area contributed by atoms with Crippen LogP contribution in [-0.2, 0) is 15.6 Å². The molecule has 2 rings (SSSR count). The fourth-order valence-electron chi connectivity index (χ4n) is 2.16. The zero-order valence-corrected chi connectivity index (χ0v) is 18.0. The summed E-state index contributed by atoms with van der Waals surface area (Å²) in [5.41, 5.74) is -0.683. The topological polar surface area (TPSA) is 100 Å². The van der Waals surface area contributed by atoms with E-state index in [0.717, 1.165) is 0 Å². The summed E-state index contributed by atoms with van der Waals surface area (Å²) in [6.07, 6.45) is 0.